The number of hydrogen-bond acceptors (Lipinski definition) is 4. The van der Waals surface area contributed by atoms with Gasteiger partial charge in [0.1, 0.15) is 18.2 Å². The van der Waals surface area contributed by atoms with E-state index in [0.29, 0.717) is 32.7 Å². The zero-order chi connectivity index (χ0) is 20.1. The minimum absolute atomic E-state index is 0.000721. The Morgan fingerprint density at radius 1 is 1.25 bits per heavy atom. The molecule has 0 radical (unpaired) electrons. The summed E-state index contributed by atoms with van der Waals surface area (Å²) in [5.41, 5.74) is 1.18. The minimum atomic E-state index is -0.395. The third-order valence-electron chi connectivity index (χ3n) is 4.23. The van der Waals surface area contributed by atoms with Gasteiger partial charge >= 0.3 is 0 Å². The minimum Gasteiger partial charge on any atom is -0.493 e. The average molecular weight is 417 g/mol. The Bertz CT molecular complexity index is 942. The molecule has 0 aromatic heterocycles. The zero-order valence-corrected chi connectivity index (χ0v) is 16.7. The van der Waals surface area contributed by atoms with Crippen LogP contribution in [0.25, 0.3) is 6.08 Å². The number of nitrogens with one attached hydrogen (secondary N) is 1. The predicted molar refractivity (Wildman–Crippen MR) is 109 cm³/mol. The molecule has 0 heterocycles. The maximum atomic E-state index is 12.3. The van der Waals surface area contributed by atoms with Gasteiger partial charge in [-0.25, -0.2) is 0 Å². The quantitative estimate of drug-likeness (QED) is 0.521. The Balaban J connectivity index is 1.90. The van der Waals surface area contributed by atoms with E-state index < -0.39 is 5.91 Å². The second-order valence-electron chi connectivity index (χ2n) is 6.29. The summed E-state index contributed by atoms with van der Waals surface area (Å²) in [7, 11) is 1.52. The number of nitriles is 1. The topological polar surface area (TPSA) is 71.3 Å². The van der Waals surface area contributed by atoms with Gasteiger partial charge in [-0.3, -0.25) is 4.79 Å². The first-order valence-corrected chi connectivity index (χ1v) is 9.44. The molecular weight excluding hydrogens is 399 g/mol. The second-order valence-corrected chi connectivity index (χ2v) is 7.10. The summed E-state index contributed by atoms with van der Waals surface area (Å²) in [5, 5.41) is 13.2. The number of amides is 1. The third-order valence-corrected chi connectivity index (χ3v) is 4.94. The molecule has 1 fully saturated rings. The molecule has 3 rings (SSSR count). The molecule has 0 saturated heterocycles. The van der Waals surface area contributed by atoms with Crippen LogP contribution >= 0.6 is 23.2 Å². The Hall–Kier alpha value is -2.68. The van der Waals surface area contributed by atoms with Gasteiger partial charge in [0.2, 0.25) is 0 Å². The molecule has 2 aromatic carbocycles. The van der Waals surface area contributed by atoms with Gasteiger partial charge in [-0.05, 0) is 37.1 Å². The summed E-state index contributed by atoms with van der Waals surface area (Å²) in [6.07, 6.45) is 3.37. The Labute approximate surface area is 173 Å². The van der Waals surface area contributed by atoms with E-state index in [2.05, 4.69) is 5.32 Å². The highest BCUT2D eigenvalue weighted by Gasteiger charge is 2.25. The van der Waals surface area contributed by atoms with E-state index in [0.717, 1.165) is 12.8 Å². The molecule has 1 aliphatic carbocycles. The predicted octanol–water partition coefficient (Wildman–Crippen LogP) is 4.77. The lowest BCUT2D eigenvalue weighted by Gasteiger charge is -2.15. The summed E-state index contributed by atoms with van der Waals surface area (Å²) in [5.74, 6) is 0.470. The Morgan fingerprint density at radius 2 is 1.93 bits per heavy atom. The number of benzene rings is 2. The second kappa shape index (κ2) is 9.01. The lowest BCUT2D eigenvalue weighted by atomic mass is 10.1. The third kappa shape index (κ3) is 4.78. The van der Waals surface area contributed by atoms with Crippen LogP contribution in [0.1, 0.15) is 24.0 Å². The van der Waals surface area contributed by atoms with Crippen LogP contribution in [0.5, 0.6) is 11.5 Å². The van der Waals surface area contributed by atoms with E-state index in [4.69, 9.17) is 32.7 Å². The summed E-state index contributed by atoms with van der Waals surface area (Å²) < 4.78 is 11.3. The first kappa shape index (κ1) is 20.1. The van der Waals surface area contributed by atoms with Crippen molar-refractivity contribution in [2.75, 3.05) is 7.11 Å². The fourth-order valence-corrected chi connectivity index (χ4v) is 3.08. The Morgan fingerprint density at radius 3 is 2.54 bits per heavy atom. The normalized spacial score (nSPS) is 13.6. The molecule has 0 aliphatic heterocycles. The van der Waals surface area contributed by atoms with Gasteiger partial charge in [0.05, 0.1) is 7.11 Å². The van der Waals surface area contributed by atoms with Gasteiger partial charge in [-0.2, -0.15) is 5.26 Å². The number of ether oxygens (including phenoxy) is 2. The molecule has 144 valence electrons. The summed E-state index contributed by atoms with van der Waals surface area (Å²) in [6, 6.07) is 12.6. The van der Waals surface area contributed by atoms with E-state index in [1.165, 1.54) is 13.2 Å². The van der Waals surface area contributed by atoms with Crippen LogP contribution in [0.15, 0.2) is 42.0 Å². The van der Waals surface area contributed by atoms with Crippen LogP contribution < -0.4 is 14.8 Å². The first-order chi connectivity index (χ1) is 13.5. The number of para-hydroxylation sites is 1. The molecule has 0 spiro atoms. The summed E-state index contributed by atoms with van der Waals surface area (Å²) in [6.45, 7) is 0.107. The van der Waals surface area contributed by atoms with E-state index in [9.17, 15) is 10.1 Å². The number of hydrogen-bond donors (Lipinski definition) is 1. The fraction of sp³-hybridized carbons (Fsp3) is 0.238. The van der Waals surface area contributed by atoms with Gasteiger partial charge in [-0.15, -0.1) is 0 Å². The van der Waals surface area contributed by atoms with Gasteiger partial charge in [-0.1, -0.05) is 41.4 Å². The molecule has 1 N–H and O–H groups in total. The van der Waals surface area contributed by atoms with E-state index in [1.807, 2.05) is 6.07 Å². The molecular formula is C21H18Cl2N2O3. The van der Waals surface area contributed by atoms with Gasteiger partial charge in [0, 0.05) is 27.2 Å². The number of nitrogens with zero attached hydrogens (tertiary/aromatic N) is 1. The van der Waals surface area contributed by atoms with Crippen LogP contribution in [-0.4, -0.2) is 19.1 Å². The lowest BCUT2D eigenvalue weighted by Crippen LogP contribution is -2.26. The van der Waals surface area contributed by atoms with Crippen molar-refractivity contribution in [2.24, 2.45) is 0 Å². The van der Waals surface area contributed by atoms with Crippen LogP contribution in [-0.2, 0) is 11.4 Å². The van der Waals surface area contributed by atoms with Gasteiger partial charge in [0.25, 0.3) is 5.91 Å². The Kier molecular flexibility index (Phi) is 6.45. The molecule has 0 bridgehead atoms. The molecule has 1 saturated carbocycles. The van der Waals surface area contributed by atoms with Crippen LogP contribution in [0.3, 0.4) is 0 Å². The number of halogens is 2. The van der Waals surface area contributed by atoms with Crippen LogP contribution in [0.4, 0.5) is 0 Å². The summed E-state index contributed by atoms with van der Waals surface area (Å²) >= 11 is 12.4. The lowest BCUT2D eigenvalue weighted by molar-refractivity contribution is -0.117. The fourth-order valence-electron chi connectivity index (χ4n) is 2.57. The van der Waals surface area contributed by atoms with Gasteiger partial charge in [0.15, 0.2) is 11.5 Å². The molecule has 5 nitrogen and oxygen atoms in total. The zero-order valence-electron chi connectivity index (χ0n) is 15.2. The van der Waals surface area contributed by atoms with Gasteiger partial charge < -0.3 is 14.8 Å². The van der Waals surface area contributed by atoms with Crippen molar-refractivity contribution in [2.45, 2.75) is 25.5 Å². The van der Waals surface area contributed by atoms with Crippen LogP contribution in [0.2, 0.25) is 10.0 Å². The highest BCUT2D eigenvalue weighted by molar-refractivity contribution is 6.35. The van der Waals surface area contributed by atoms with Crippen molar-refractivity contribution in [3.05, 3.63) is 63.1 Å². The van der Waals surface area contributed by atoms with Crippen molar-refractivity contribution in [1.29, 1.82) is 5.26 Å². The van der Waals surface area contributed by atoms with Crippen molar-refractivity contribution in [3.63, 3.8) is 0 Å². The molecule has 7 heteroatoms. The van der Waals surface area contributed by atoms with E-state index >= 15 is 0 Å². The van der Waals surface area contributed by atoms with Crippen LogP contribution in [0, 0.1) is 11.3 Å². The van der Waals surface area contributed by atoms with Crippen molar-refractivity contribution in [3.8, 4) is 17.6 Å². The first-order valence-electron chi connectivity index (χ1n) is 8.68. The van der Waals surface area contributed by atoms with E-state index in [-0.39, 0.29) is 18.2 Å². The maximum absolute atomic E-state index is 12.3. The SMILES string of the molecule is COc1cccc(C=C(C#N)C(=O)NC2CC2)c1OCc1c(Cl)cccc1Cl. The number of rotatable bonds is 7. The highest BCUT2D eigenvalue weighted by Crippen LogP contribution is 2.35. The molecule has 28 heavy (non-hydrogen) atoms. The molecule has 0 unspecified atom stereocenters. The van der Waals surface area contributed by atoms with E-state index in [1.54, 1.807) is 36.4 Å². The van der Waals surface area contributed by atoms with Crippen molar-refractivity contribution < 1.29 is 14.3 Å². The average Bonchev–Trinajstić information content (AvgIpc) is 3.50. The number of methoxy groups -OCH3 is 1. The standard InChI is InChI=1S/C21H18Cl2N2O3/c1-27-19-7-2-4-13(10-14(11-24)21(26)25-15-8-9-15)20(19)28-12-16-17(22)5-3-6-18(16)23/h2-7,10,15H,8-9,12H2,1H3,(H,25,26). The van der Waals surface area contributed by atoms with Crippen molar-refractivity contribution >= 4 is 35.2 Å². The molecule has 1 aliphatic rings. The maximum Gasteiger partial charge on any atom is 0.262 e. The largest absolute Gasteiger partial charge is 0.493 e. The van der Waals surface area contributed by atoms with Crippen molar-refractivity contribution in [1.82, 2.24) is 5.32 Å². The number of carbonyl (C=O) groups is 1. The number of carbonyl (C=O) groups excluding carboxylic acids is 1. The highest BCUT2D eigenvalue weighted by atomic mass is 35.5. The molecule has 1 amide bonds. The molecule has 2 aromatic rings. The smallest absolute Gasteiger partial charge is 0.262 e. The molecule has 0 atom stereocenters. The monoisotopic (exact) mass is 416 g/mol. The summed E-state index contributed by atoms with van der Waals surface area (Å²) in [4.78, 5) is 12.3.